The molecule has 2 aromatic rings. The van der Waals surface area contributed by atoms with Crippen molar-refractivity contribution < 1.29 is 23.9 Å². The molecule has 9 nitrogen and oxygen atoms in total. The molecule has 1 N–H and O–H groups in total. The molecular formula is C23H32N4O5. The number of carbonyl (C=O) groups excluding carboxylic acids is 3. The molecule has 2 rings (SSSR count). The second kappa shape index (κ2) is 9.93. The van der Waals surface area contributed by atoms with E-state index in [1.165, 1.54) is 7.11 Å². The van der Waals surface area contributed by atoms with Crippen LogP contribution in [-0.4, -0.2) is 45.1 Å². The lowest BCUT2D eigenvalue weighted by Crippen LogP contribution is -2.27. The maximum Gasteiger partial charge on any atom is 0.413 e. The van der Waals surface area contributed by atoms with Gasteiger partial charge in [-0.25, -0.2) is 14.8 Å². The van der Waals surface area contributed by atoms with Gasteiger partial charge in [-0.15, -0.1) is 0 Å². The molecule has 1 amide bonds. The lowest BCUT2D eigenvalue weighted by atomic mass is 9.91. The number of methoxy groups -OCH3 is 1. The number of pyridine rings is 1. The maximum absolute atomic E-state index is 12.4. The first-order valence-corrected chi connectivity index (χ1v) is 10.4. The van der Waals surface area contributed by atoms with E-state index in [0.717, 1.165) is 5.56 Å². The fourth-order valence-corrected chi connectivity index (χ4v) is 2.76. The highest BCUT2D eigenvalue weighted by molar-refractivity contribution is 5.84. The maximum atomic E-state index is 12.4. The van der Waals surface area contributed by atoms with Crippen LogP contribution in [0.2, 0.25) is 0 Å². The number of amides is 1. The Kier molecular flexibility index (Phi) is 7.77. The van der Waals surface area contributed by atoms with Gasteiger partial charge in [-0.1, -0.05) is 26.8 Å². The van der Waals surface area contributed by atoms with E-state index in [1.807, 2.05) is 20.8 Å². The van der Waals surface area contributed by atoms with E-state index in [4.69, 9.17) is 9.47 Å². The van der Waals surface area contributed by atoms with Crippen LogP contribution < -0.4 is 5.32 Å². The molecule has 0 bridgehead atoms. The molecule has 0 aliphatic carbocycles. The molecule has 174 valence electrons. The zero-order chi connectivity index (χ0) is 24.1. The molecule has 1 unspecified atom stereocenters. The number of nitrogens with one attached hydrogen (secondary N) is 1. The van der Waals surface area contributed by atoms with Crippen LogP contribution in [0, 0.1) is 5.41 Å². The predicted octanol–water partition coefficient (Wildman–Crippen LogP) is 3.74. The predicted molar refractivity (Wildman–Crippen MR) is 119 cm³/mol. The van der Waals surface area contributed by atoms with E-state index in [9.17, 15) is 14.4 Å². The molecule has 0 aliphatic heterocycles. The first-order valence-electron chi connectivity index (χ1n) is 10.4. The highest BCUT2D eigenvalue weighted by atomic mass is 16.6. The number of esters is 1. The number of hydrogen-bond acceptors (Lipinski definition) is 7. The summed E-state index contributed by atoms with van der Waals surface area (Å²) in [5, 5.41) is 2.57. The minimum atomic E-state index is -0.655. The Labute approximate surface area is 188 Å². The average molecular weight is 445 g/mol. The second-order valence-corrected chi connectivity index (χ2v) is 9.60. The molecular weight excluding hydrogens is 412 g/mol. The molecule has 0 spiro atoms. The molecule has 0 saturated carbocycles. The van der Waals surface area contributed by atoms with Crippen LogP contribution in [0.15, 0.2) is 30.9 Å². The zero-order valence-corrected chi connectivity index (χ0v) is 19.8. The molecule has 0 fully saturated rings. The number of Topliss-reactive ketones (excluding diaryl/α,β-unsaturated/α-hetero) is 1. The monoisotopic (exact) mass is 444 g/mol. The van der Waals surface area contributed by atoms with Crippen molar-refractivity contribution >= 4 is 23.7 Å². The molecule has 2 aromatic heterocycles. The van der Waals surface area contributed by atoms with Gasteiger partial charge in [0.2, 0.25) is 0 Å². The van der Waals surface area contributed by atoms with E-state index in [-0.39, 0.29) is 12.3 Å². The van der Waals surface area contributed by atoms with Crippen molar-refractivity contribution in [2.24, 2.45) is 5.41 Å². The fourth-order valence-electron chi connectivity index (χ4n) is 2.76. The summed E-state index contributed by atoms with van der Waals surface area (Å²) in [6, 6.07) is 3.39. The first kappa shape index (κ1) is 25.0. The Morgan fingerprint density at radius 3 is 2.31 bits per heavy atom. The van der Waals surface area contributed by atoms with Gasteiger partial charge < -0.3 is 14.0 Å². The van der Waals surface area contributed by atoms with Crippen molar-refractivity contribution in [3.05, 3.63) is 42.1 Å². The Balaban J connectivity index is 2.11. The van der Waals surface area contributed by atoms with Crippen LogP contribution in [0.4, 0.5) is 10.6 Å². The summed E-state index contributed by atoms with van der Waals surface area (Å²) in [6.45, 7) is 11.1. The normalized spacial score (nSPS) is 12.7. The van der Waals surface area contributed by atoms with Crippen LogP contribution in [0.1, 0.15) is 58.7 Å². The van der Waals surface area contributed by atoms with Gasteiger partial charge in [-0.05, 0) is 38.8 Å². The van der Waals surface area contributed by atoms with Gasteiger partial charge in [-0.3, -0.25) is 14.9 Å². The van der Waals surface area contributed by atoms with Crippen LogP contribution in [0.5, 0.6) is 0 Å². The molecule has 0 aliphatic rings. The van der Waals surface area contributed by atoms with Gasteiger partial charge in [0.1, 0.15) is 17.3 Å². The molecule has 0 radical (unpaired) electrons. The van der Waals surface area contributed by atoms with E-state index in [1.54, 1.807) is 56.2 Å². The fraction of sp³-hybridized carbons (Fsp3) is 0.522. The lowest BCUT2D eigenvalue weighted by molar-refractivity contribution is -0.142. The quantitative estimate of drug-likeness (QED) is 0.647. The first-order chi connectivity index (χ1) is 14.8. The number of ketones is 1. The summed E-state index contributed by atoms with van der Waals surface area (Å²) in [6.07, 6.45) is 4.51. The second-order valence-electron chi connectivity index (χ2n) is 9.60. The SMILES string of the molecule is COC(=O)C(Cc1ccc(NC(=O)OC(C)(C)C)nc1)c1cn(CC(=O)C(C)(C)C)cn1. The highest BCUT2D eigenvalue weighted by Gasteiger charge is 2.26. The van der Waals surface area contributed by atoms with Crippen molar-refractivity contribution in [1.82, 2.24) is 14.5 Å². The van der Waals surface area contributed by atoms with Crippen molar-refractivity contribution in [1.29, 1.82) is 0 Å². The van der Waals surface area contributed by atoms with Crippen molar-refractivity contribution in [3.8, 4) is 0 Å². The summed E-state index contributed by atoms with van der Waals surface area (Å²) in [4.78, 5) is 45.1. The minimum Gasteiger partial charge on any atom is -0.468 e. The number of carbonyl (C=O) groups is 3. The number of nitrogens with zero attached hydrogens (tertiary/aromatic N) is 3. The molecule has 32 heavy (non-hydrogen) atoms. The van der Waals surface area contributed by atoms with Crippen molar-refractivity contribution in [2.45, 2.75) is 66.0 Å². The van der Waals surface area contributed by atoms with Gasteiger partial charge >= 0.3 is 12.1 Å². The summed E-state index contributed by atoms with van der Waals surface area (Å²) < 4.78 is 11.8. The van der Waals surface area contributed by atoms with Gasteiger partial charge in [0.05, 0.1) is 25.7 Å². The molecule has 9 heteroatoms. The summed E-state index contributed by atoms with van der Waals surface area (Å²) in [5.74, 6) is -0.693. The van der Waals surface area contributed by atoms with E-state index >= 15 is 0 Å². The van der Waals surface area contributed by atoms with Crippen LogP contribution >= 0.6 is 0 Å². The smallest absolute Gasteiger partial charge is 0.413 e. The van der Waals surface area contributed by atoms with Crippen LogP contribution in [0.25, 0.3) is 0 Å². The van der Waals surface area contributed by atoms with E-state index in [0.29, 0.717) is 17.9 Å². The number of hydrogen-bond donors (Lipinski definition) is 1. The third kappa shape index (κ3) is 7.47. The third-order valence-corrected chi connectivity index (χ3v) is 4.55. The number of aromatic nitrogens is 3. The van der Waals surface area contributed by atoms with Crippen LogP contribution in [-0.2, 0) is 32.0 Å². The Hall–Kier alpha value is -3.23. The zero-order valence-electron chi connectivity index (χ0n) is 19.8. The topological polar surface area (TPSA) is 112 Å². The van der Waals surface area contributed by atoms with Crippen molar-refractivity contribution in [3.63, 3.8) is 0 Å². The Bertz CT molecular complexity index is 952. The molecule has 0 saturated heterocycles. The Morgan fingerprint density at radius 1 is 1.09 bits per heavy atom. The number of imidazole rings is 1. The average Bonchev–Trinajstić information content (AvgIpc) is 3.12. The van der Waals surface area contributed by atoms with Gasteiger partial charge in [-0.2, -0.15) is 0 Å². The number of rotatable bonds is 7. The third-order valence-electron chi connectivity index (χ3n) is 4.55. The Morgan fingerprint density at radius 2 is 1.78 bits per heavy atom. The summed E-state index contributed by atoms with van der Waals surface area (Å²) >= 11 is 0. The van der Waals surface area contributed by atoms with Gasteiger partial charge in [0, 0.05) is 17.8 Å². The van der Waals surface area contributed by atoms with E-state index in [2.05, 4.69) is 15.3 Å². The summed E-state index contributed by atoms with van der Waals surface area (Å²) in [7, 11) is 1.32. The number of ether oxygens (including phenoxy) is 2. The van der Waals surface area contributed by atoms with Crippen molar-refractivity contribution in [2.75, 3.05) is 12.4 Å². The summed E-state index contributed by atoms with van der Waals surface area (Å²) in [5.41, 5.74) is 0.191. The largest absolute Gasteiger partial charge is 0.468 e. The molecule has 1 atom stereocenters. The van der Waals surface area contributed by atoms with Gasteiger partial charge in [0.25, 0.3) is 0 Å². The molecule has 2 heterocycles. The number of anilines is 1. The highest BCUT2D eigenvalue weighted by Crippen LogP contribution is 2.23. The molecule has 0 aromatic carbocycles. The van der Waals surface area contributed by atoms with Gasteiger partial charge in [0.15, 0.2) is 5.78 Å². The lowest BCUT2D eigenvalue weighted by Gasteiger charge is -2.19. The van der Waals surface area contributed by atoms with Crippen LogP contribution in [0.3, 0.4) is 0 Å². The van der Waals surface area contributed by atoms with E-state index < -0.39 is 29.0 Å². The standard InChI is InChI=1S/C23H32N4O5/c1-22(2,3)18(28)13-27-12-17(25-14-27)16(20(29)31-7)10-15-8-9-19(24-11-15)26-21(30)32-23(4,5)6/h8-9,11-12,14,16H,10,13H2,1-7H3,(H,24,26,30). The minimum absolute atomic E-state index is 0.0633.